The molecule has 0 aliphatic carbocycles. The molecule has 0 bridgehead atoms. The molecule has 0 spiro atoms. The summed E-state index contributed by atoms with van der Waals surface area (Å²) in [5.74, 6) is -0.666. The first-order valence-corrected chi connectivity index (χ1v) is 9.32. The van der Waals surface area contributed by atoms with Crippen LogP contribution in [0.25, 0.3) is 0 Å². The number of nitrogens with zero attached hydrogens (tertiary/aromatic N) is 2. The number of carbonyl (C=O) groups is 2. The van der Waals surface area contributed by atoms with E-state index >= 15 is 0 Å². The third-order valence-electron chi connectivity index (χ3n) is 5.27. The number of halogens is 3. The minimum absolute atomic E-state index is 0. The summed E-state index contributed by atoms with van der Waals surface area (Å²) in [5, 5.41) is 3.20. The highest BCUT2D eigenvalue weighted by Crippen LogP contribution is 2.27. The van der Waals surface area contributed by atoms with Crippen molar-refractivity contribution in [3.8, 4) is 5.75 Å². The predicted octanol–water partition coefficient (Wildman–Crippen LogP) is 2.52. The van der Waals surface area contributed by atoms with Gasteiger partial charge in [-0.15, -0.1) is 12.4 Å². The number of para-hydroxylation sites is 1. The molecule has 0 aromatic heterocycles. The maximum Gasteiger partial charge on any atom is 0.387 e. The van der Waals surface area contributed by atoms with Gasteiger partial charge in [0, 0.05) is 25.7 Å². The molecule has 2 amide bonds. The summed E-state index contributed by atoms with van der Waals surface area (Å²) in [7, 11) is 1.88. The Hall–Kier alpha value is -1.93. The van der Waals surface area contributed by atoms with Crippen molar-refractivity contribution < 1.29 is 23.1 Å². The number of likely N-dealkylation sites (N-methyl/N-ethyl adjacent to an activating group) is 1. The summed E-state index contributed by atoms with van der Waals surface area (Å²) in [4.78, 5) is 29.3. The third-order valence-corrected chi connectivity index (χ3v) is 5.27. The lowest BCUT2D eigenvalue weighted by Gasteiger charge is -2.36. The monoisotopic (exact) mass is 417 g/mol. The fraction of sp³-hybridized carbons (Fsp3) is 0.579. The molecule has 3 rings (SSSR count). The van der Waals surface area contributed by atoms with Crippen LogP contribution in [-0.2, 0) is 4.79 Å². The highest BCUT2D eigenvalue weighted by atomic mass is 35.5. The average Bonchev–Trinajstić information content (AvgIpc) is 3.16. The molecular formula is C19H26ClF2N3O3. The summed E-state index contributed by atoms with van der Waals surface area (Å²) in [6, 6.07) is 5.64. The summed E-state index contributed by atoms with van der Waals surface area (Å²) in [5.41, 5.74) is 0.0595. The summed E-state index contributed by atoms with van der Waals surface area (Å²) >= 11 is 0. The Kier molecular flexibility index (Phi) is 8.00. The molecule has 0 radical (unpaired) electrons. The second-order valence-corrected chi connectivity index (χ2v) is 6.94. The van der Waals surface area contributed by atoms with E-state index in [0.717, 1.165) is 12.8 Å². The molecule has 1 aromatic carbocycles. The Morgan fingerprint density at radius 1 is 1.18 bits per heavy atom. The Balaban J connectivity index is 0.00000280. The summed E-state index contributed by atoms with van der Waals surface area (Å²) < 4.78 is 29.8. The molecule has 2 unspecified atom stereocenters. The minimum Gasteiger partial charge on any atom is -0.434 e. The second kappa shape index (κ2) is 10.0. The highest BCUT2D eigenvalue weighted by molar-refractivity contribution is 6.00. The van der Waals surface area contributed by atoms with Crippen LogP contribution in [0, 0.1) is 0 Å². The SMILES string of the molecule is CNC1CCCN(C(=O)C2CCCN2C(=O)c2ccccc2OC(F)F)C1.Cl. The van der Waals surface area contributed by atoms with Crippen LogP contribution in [0.4, 0.5) is 8.78 Å². The van der Waals surface area contributed by atoms with E-state index in [9.17, 15) is 18.4 Å². The zero-order valence-electron chi connectivity index (χ0n) is 15.8. The van der Waals surface area contributed by atoms with Crippen molar-refractivity contribution in [1.82, 2.24) is 15.1 Å². The minimum atomic E-state index is -3.01. The number of ether oxygens (including phenoxy) is 1. The number of carbonyl (C=O) groups excluding carboxylic acids is 2. The Morgan fingerprint density at radius 2 is 1.89 bits per heavy atom. The van der Waals surface area contributed by atoms with E-state index in [2.05, 4.69) is 10.1 Å². The number of benzene rings is 1. The fourth-order valence-corrected chi connectivity index (χ4v) is 3.89. The highest BCUT2D eigenvalue weighted by Gasteiger charge is 2.38. The first-order chi connectivity index (χ1) is 13.0. The molecule has 2 atom stereocenters. The average molecular weight is 418 g/mol. The molecule has 9 heteroatoms. The predicted molar refractivity (Wildman–Crippen MR) is 103 cm³/mol. The number of piperidine rings is 1. The molecule has 1 N–H and O–H groups in total. The van der Waals surface area contributed by atoms with Crippen molar-refractivity contribution in [2.24, 2.45) is 0 Å². The molecule has 2 heterocycles. The number of rotatable bonds is 5. The maximum atomic E-state index is 13.0. The molecule has 2 saturated heterocycles. The van der Waals surface area contributed by atoms with Gasteiger partial charge in [0.25, 0.3) is 5.91 Å². The molecule has 0 saturated carbocycles. The van der Waals surface area contributed by atoms with Crippen molar-refractivity contribution in [1.29, 1.82) is 0 Å². The lowest BCUT2D eigenvalue weighted by Crippen LogP contribution is -2.53. The molecule has 2 aliphatic heterocycles. The van der Waals surface area contributed by atoms with Crippen molar-refractivity contribution in [2.45, 2.75) is 44.4 Å². The van der Waals surface area contributed by atoms with Gasteiger partial charge in [-0.2, -0.15) is 8.78 Å². The normalized spacial score (nSPS) is 22.1. The molecule has 156 valence electrons. The topological polar surface area (TPSA) is 61.9 Å². The van der Waals surface area contributed by atoms with Gasteiger partial charge in [-0.1, -0.05) is 12.1 Å². The zero-order chi connectivity index (χ0) is 19.4. The van der Waals surface area contributed by atoms with Gasteiger partial charge in [-0.05, 0) is 44.9 Å². The number of amides is 2. The van der Waals surface area contributed by atoms with Gasteiger partial charge in [-0.3, -0.25) is 9.59 Å². The third kappa shape index (κ3) is 4.91. The van der Waals surface area contributed by atoms with Gasteiger partial charge in [0.15, 0.2) is 0 Å². The van der Waals surface area contributed by atoms with Crippen LogP contribution in [0.3, 0.4) is 0 Å². The van der Waals surface area contributed by atoms with Crippen LogP contribution in [0.5, 0.6) is 5.75 Å². The number of nitrogens with one attached hydrogen (secondary N) is 1. The molecule has 1 aromatic rings. The van der Waals surface area contributed by atoms with Crippen LogP contribution in [0.1, 0.15) is 36.0 Å². The van der Waals surface area contributed by atoms with E-state index in [-0.39, 0.29) is 35.7 Å². The number of hydrogen-bond donors (Lipinski definition) is 1. The van der Waals surface area contributed by atoms with Crippen molar-refractivity contribution in [2.75, 3.05) is 26.7 Å². The van der Waals surface area contributed by atoms with Crippen LogP contribution in [0.2, 0.25) is 0 Å². The largest absolute Gasteiger partial charge is 0.434 e. The van der Waals surface area contributed by atoms with E-state index in [1.165, 1.54) is 23.1 Å². The van der Waals surface area contributed by atoms with E-state index in [1.54, 1.807) is 6.07 Å². The Labute approximate surface area is 169 Å². The van der Waals surface area contributed by atoms with E-state index in [1.807, 2.05) is 11.9 Å². The van der Waals surface area contributed by atoms with Crippen molar-refractivity contribution in [3.63, 3.8) is 0 Å². The van der Waals surface area contributed by atoms with E-state index in [4.69, 9.17) is 0 Å². The van der Waals surface area contributed by atoms with Crippen LogP contribution >= 0.6 is 12.4 Å². The lowest BCUT2D eigenvalue weighted by atomic mass is 10.0. The van der Waals surface area contributed by atoms with Crippen molar-refractivity contribution in [3.05, 3.63) is 29.8 Å². The molecule has 2 fully saturated rings. The number of likely N-dealkylation sites (tertiary alicyclic amines) is 2. The number of alkyl halides is 2. The molecular weight excluding hydrogens is 392 g/mol. The molecule has 2 aliphatic rings. The van der Waals surface area contributed by atoms with Crippen LogP contribution in [-0.4, -0.2) is 67.0 Å². The maximum absolute atomic E-state index is 13.0. The van der Waals surface area contributed by atoms with E-state index in [0.29, 0.717) is 32.5 Å². The first-order valence-electron chi connectivity index (χ1n) is 9.32. The van der Waals surface area contributed by atoms with Crippen molar-refractivity contribution >= 4 is 24.2 Å². The van der Waals surface area contributed by atoms with Gasteiger partial charge in [0.1, 0.15) is 11.8 Å². The first kappa shape index (κ1) is 22.4. The van der Waals surface area contributed by atoms with Gasteiger partial charge in [0.2, 0.25) is 5.91 Å². The lowest BCUT2D eigenvalue weighted by molar-refractivity contribution is -0.136. The van der Waals surface area contributed by atoms with Gasteiger partial charge < -0.3 is 19.9 Å². The van der Waals surface area contributed by atoms with Gasteiger partial charge in [0.05, 0.1) is 5.56 Å². The second-order valence-electron chi connectivity index (χ2n) is 6.94. The summed E-state index contributed by atoms with van der Waals surface area (Å²) in [6.45, 7) is -1.28. The summed E-state index contributed by atoms with van der Waals surface area (Å²) in [6.07, 6.45) is 3.24. The van der Waals surface area contributed by atoms with E-state index < -0.39 is 18.6 Å². The van der Waals surface area contributed by atoms with Gasteiger partial charge in [-0.25, -0.2) is 0 Å². The Morgan fingerprint density at radius 3 is 2.61 bits per heavy atom. The number of hydrogen-bond acceptors (Lipinski definition) is 4. The standard InChI is InChI=1S/C19H25F2N3O3.ClH/c1-22-13-6-4-10-23(12-13)18(26)15-8-5-11-24(15)17(25)14-7-2-3-9-16(14)27-19(20)21;/h2-3,7,9,13,15,19,22H,4-6,8,10-12H2,1H3;1H. The Bertz CT molecular complexity index is 692. The zero-order valence-corrected chi connectivity index (χ0v) is 16.6. The molecule has 28 heavy (non-hydrogen) atoms. The van der Waals surface area contributed by atoms with Crippen LogP contribution < -0.4 is 10.1 Å². The van der Waals surface area contributed by atoms with Crippen LogP contribution in [0.15, 0.2) is 24.3 Å². The van der Waals surface area contributed by atoms with Gasteiger partial charge >= 0.3 is 6.61 Å². The quantitative estimate of drug-likeness (QED) is 0.799. The molecule has 6 nitrogen and oxygen atoms in total. The smallest absolute Gasteiger partial charge is 0.387 e. The fourth-order valence-electron chi connectivity index (χ4n) is 3.89.